The lowest BCUT2D eigenvalue weighted by atomic mass is 10.00. The van der Waals surface area contributed by atoms with Gasteiger partial charge in [-0.25, -0.2) is 0 Å². The molecule has 1 atom stereocenters. The van der Waals surface area contributed by atoms with Gasteiger partial charge < -0.3 is 15.5 Å². The van der Waals surface area contributed by atoms with Crippen LogP contribution in [-0.2, 0) is 4.79 Å². The van der Waals surface area contributed by atoms with Gasteiger partial charge in [0, 0.05) is 30.4 Å². The van der Waals surface area contributed by atoms with Gasteiger partial charge in [0.2, 0.25) is 5.91 Å². The van der Waals surface area contributed by atoms with Crippen LogP contribution in [0.25, 0.3) is 10.8 Å². The fraction of sp³-hybridized carbons (Fsp3) is 0.280. The second kappa shape index (κ2) is 10.0. The summed E-state index contributed by atoms with van der Waals surface area (Å²) in [5.41, 5.74) is 2.47. The fourth-order valence-corrected chi connectivity index (χ4v) is 3.58. The normalized spacial score (nSPS) is 11.8. The molecule has 30 heavy (non-hydrogen) atoms. The molecule has 0 aliphatic carbocycles. The Morgan fingerprint density at radius 3 is 2.27 bits per heavy atom. The molecule has 0 heterocycles. The van der Waals surface area contributed by atoms with Crippen LogP contribution in [0.1, 0.15) is 42.7 Å². The molecule has 5 nitrogen and oxygen atoms in total. The molecule has 0 aromatic heterocycles. The Morgan fingerprint density at radius 1 is 0.900 bits per heavy atom. The van der Waals surface area contributed by atoms with E-state index in [2.05, 4.69) is 41.8 Å². The van der Waals surface area contributed by atoms with Crippen molar-refractivity contribution in [2.24, 2.45) is 0 Å². The van der Waals surface area contributed by atoms with E-state index in [0.29, 0.717) is 24.3 Å². The number of nitrogens with zero attached hydrogens (tertiary/aromatic N) is 1. The van der Waals surface area contributed by atoms with Gasteiger partial charge in [-0.05, 0) is 61.4 Å². The van der Waals surface area contributed by atoms with Crippen LogP contribution < -0.4 is 10.6 Å². The zero-order valence-corrected chi connectivity index (χ0v) is 17.8. The number of rotatable bonds is 8. The summed E-state index contributed by atoms with van der Waals surface area (Å²) in [7, 11) is 0. The quantitative estimate of drug-likeness (QED) is 0.577. The van der Waals surface area contributed by atoms with Crippen LogP contribution in [0.15, 0.2) is 66.7 Å². The molecule has 0 unspecified atom stereocenters. The second-order valence-corrected chi connectivity index (χ2v) is 7.27. The van der Waals surface area contributed by atoms with Gasteiger partial charge >= 0.3 is 0 Å². The largest absolute Gasteiger partial charge is 0.339 e. The van der Waals surface area contributed by atoms with Crippen molar-refractivity contribution in [2.45, 2.75) is 26.8 Å². The van der Waals surface area contributed by atoms with Gasteiger partial charge in [-0.1, -0.05) is 42.5 Å². The minimum Gasteiger partial charge on any atom is -0.339 e. The fourth-order valence-electron chi connectivity index (χ4n) is 3.58. The number of fused-ring (bicyclic) bond motifs is 1. The molecule has 3 aromatic rings. The van der Waals surface area contributed by atoms with Gasteiger partial charge in [0.05, 0.1) is 6.54 Å². The minimum absolute atomic E-state index is 0.00320. The minimum atomic E-state index is -0.120. The van der Waals surface area contributed by atoms with E-state index in [9.17, 15) is 9.59 Å². The van der Waals surface area contributed by atoms with Gasteiger partial charge in [-0.15, -0.1) is 0 Å². The van der Waals surface area contributed by atoms with Crippen molar-refractivity contribution in [3.8, 4) is 0 Å². The Balaban J connectivity index is 1.57. The van der Waals surface area contributed by atoms with Crippen molar-refractivity contribution in [3.05, 3.63) is 77.9 Å². The number of hydrogen-bond donors (Lipinski definition) is 2. The Bertz CT molecular complexity index is 1010. The van der Waals surface area contributed by atoms with E-state index in [-0.39, 0.29) is 24.4 Å². The third kappa shape index (κ3) is 5.05. The third-order valence-electron chi connectivity index (χ3n) is 5.32. The van der Waals surface area contributed by atoms with E-state index in [1.54, 1.807) is 29.2 Å². The first kappa shape index (κ1) is 21.5. The molecule has 0 radical (unpaired) electrons. The van der Waals surface area contributed by atoms with Gasteiger partial charge in [0.1, 0.15) is 0 Å². The molecule has 2 amide bonds. The highest BCUT2D eigenvalue weighted by Crippen LogP contribution is 2.23. The summed E-state index contributed by atoms with van der Waals surface area (Å²) in [4.78, 5) is 26.5. The molecule has 156 valence electrons. The molecule has 0 saturated carbocycles. The average molecular weight is 404 g/mol. The number of benzene rings is 3. The van der Waals surface area contributed by atoms with Crippen LogP contribution in [0.3, 0.4) is 0 Å². The predicted octanol–water partition coefficient (Wildman–Crippen LogP) is 4.61. The van der Waals surface area contributed by atoms with E-state index in [1.807, 2.05) is 32.0 Å². The highest BCUT2D eigenvalue weighted by molar-refractivity contribution is 5.96. The lowest BCUT2D eigenvalue weighted by Crippen LogP contribution is -2.31. The van der Waals surface area contributed by atoms with Crippen molar-refractivity contribution >= 4 is 28.3 Å². The number of nitrogens with one attached hydrogen (secondary N) is 2. The molecule has 0 aliphatic rings. The Hall–Kier alpha value is -3.18. The Morgan fingerprint density at radius 2 is 1.57 bits per heavy atom. The van der Waals surface area contributed by atoms with Crippen molar-refractivity contribution in [1.82, 2.24) is 10.2 Å². The zero-order chi connectivity index (χ0) is 21.5. The number of carbonyl (C=O) groups excluding carboxylic acids is 2. The van der Waals surface area contributed by atoms with Gasteiger partial charge in [-0.3, -0.25) is 9.59 Å². The first-order valence-corrected chi connectivity index (χ1v) is 10.4. The summed E-state index contributed by atoms with van der Waals surface area (Å²) >= 11 is 0. The molecule has 0 bridgehead atoms. The van der Waals surface area contributed by atoms with Crippen LogP contribution in [0.2, 0.25) is 0 Å². The van der Waals surface area contributed by atoms with Crippen LogP contribution in [0.5, 0.6) is 0 Å². The van der Waals surface area contributed by atoms with E-state index in [0.717, 1.165) is 0 Å². The molecule has 0 saturated heterocycles. The maximum atomic E-state index is 12.4. The molecular weight excluding hydrogens is 374 g/mol. The van der Waals surface area contributed by atoms with Gasteiger partial charge in [0.25, 0.3) is 5.91 Å². The van der Waals surface area contributed by atoms with Crippen molar-refractivity contribution in [2.75, 3.05) is 25.0 Å². The molecule has 0 spiro atoms. The topological polar surface area (TPSA) is 61.4 Å². The molecule has 0 aliphatic heterocycles. The summed E-state index contributed by atoms with van der Waals surface area (Å²) < 4.78 is 0. The van der Waals surface area contributed by atoms with E-state index in [1.165, 1.54) is 16.3 Å². The maximum absolute atomic E-state index is 12.4. The predicted molar refractivity (Wildman–Crippen MR) is 123 cm³/mol. The zero-order valence-electron chi connectivity index (χ0n) is 17.8. The molecule has 3 aromatic carbocycles. The standard InChI is InChI=1S/C25H29N3O2/c1-4-28(5-2)25(30)20-13-15-21(16-14-20)27-24(29)17-26-18(3)22-12-8-10-19-9-6-7-11-23(19)22/h6-16,18,26H,4-5,17H2,1-3H3,(H,27,29)/t18-/m0/s1. The second-order valence-electron chi connectivity index (χ2n) is 7.27. The van der Waals surface area contributed by atoms with Crippen LogP contribution >= 0.6 is 0 Å². The molecular formula is C25H29N3O2. The first-order valence-electron chi connectivity index (χ1n) is 10.4. The summed E-state index contributed by atoms with van der Waals surface area (Å²) in [6.07, 6.45) is 0. The molecule has 3 rings (SSSR count). The lowest BCUT2D eigenvalue weighted by Gasteiger charge is -2.19. The van der Waals surface area contributed by atoms with E-state index in [4.69, 9.17) is 0 Å². The lowest BCUT2D eigenvalue weighted by molar-refractivity contribution is -0.115. The van der Waals surface area contributed by atoms with Crippen LogP contribution in [0, 0.1) is 0 Å². The third-order valence-corrected chi connectivity index (χ3v) is 5.32. The molecule has 0 fully saturated rings. The summed E-state index contributed by atoms with van der Waals surface area (Å²) in [6, 6.07) is 21.5. The van der Waals surface area contributed by atoms with Crippen molar-refractivity contribution in [3.63, 3.8) is 0 Å². The Labute approximate surface area is 178 Å². The van der Waals surface area contributed by atoms with Gasteiger partial charge in [0.15, 0.2) is 0 Å². The molecule has 5 heteroatoms. The smallest absolute Gasteiger partial charge is 0.253 e. The Kier molecular flexibility index (Phi) is 7.20. The van der Waals surface area contributed by atoms with Gasteiger partial charge in [-0.2, -0.15) is 0 Å². The summed E-state index contributed by atoms with van der Waals surface area (Å²) in [6.45, 7) is 7.53. The highest BCUT2D eigenvalue weighted by atomic mass is 16.2. The number of amides is 2. The SMILES string of the molecule is CCN(CC)C(=O)c1ccc(NC(=O)CN[C@@H](C)c2cccc3ccccc23)cc1. The van der Waals surface area contributed by atoms with Crippen LogP contribution in [-0.4, -0.2) is 36.3 Å². The van der Waals surface area contributed by atoms with Crippen molar-refractivity contribution in [1.29, 1.82) is 0 Å². The van der Waals surface area contributed by atoms with Crippen LogP contribution in [0.4, 0.5) is 5.69 Å². The summed E-state index contributed by atoms with van der Waals surface area (Å²) in [5, 5.41) is 8.56. The molecule has 2 N–H and O–H groups in total. The number of hydrogen-bond acceptors (Lipinski definition) is 3. The van der Waals surface area contributed by atoms with E-state index >= 15 is 0 Å². The summed E-state index contributed by atoms with van der Waals surface area (Å²) in [5.74, 6) is -0.117. The number of carbonyl (C=O) groups is 2. The average Bonchev–Trinajstić information content (AvgIpc) is 2.78. The first-order chi connectivity index (χ1) is 14.5. The maximum Gasteiger partial charge on any atom is 0.253 e. The number of anilines is 1. The monoisotopic (exact) mass is 403 g/mol. The highest BCUT2D eigenvalue weighted by Gasteiger charge is 2.13. The van der Waals surface area contributed by atoms with Crippen molar-refractivity contribution < 1.29 is 9.59 Å². The van der Waals surface area contributed by atoms with E-state index < -0.39 is 0 Å².